The molecule has 1 unspecified atom stereocenters. The number of rotatable bonds is 4. The first-order chi connectivity index (χ1) is 11.4. The second-order valence-electron chi connectivity index (χ2n) is 6.23. The SMILES string of the molecule is Cc1nc(C2CN(S(C)(=O)=O)CCCN2Cc2ccccc2)n[nH]1. The highest BCUT2D eigenvalue weighted by Crippen LogP contribution is 2.25. The monoisotopic (exact) mass is 349 g/mol. The highest BCUT2D eigenvalue weighted by Gasteiger charge is 2.32. The molecule has 8 heteroatoms. The van der Waals surface area contributed by atoms with Crippen LogP contribution in [0.5, 0.6) is 0 Å². The first-order valence-corrected chi connectivity index (χ1v) is 9.90. The maximum Gasteiger partial charge on any atom is 0.211 e. The van der Waals surface area contributed by atoms with Gasteiger partial charge in [-0.2, -0.15) is 5.10 Å². The largest absolute Gasteiger partial charge is 0.288 e. The lowest BCUT2D eigenvalue weighted by atomic mass is 10.1. The minimum absolute atomic E-state index is 0.160. The van der Waals surface area contributed by atoms with Crippen molar-refractivity contribution >= 4 is 10.0 Å². The van der Waals surface area contributed by atoms with Gasteiger partial charge >= 0.3 is 0 Å². The highest BCUT2D eigenvalue weighted by atomic mass is 32.2. The van der Waals surface area contributed by atoms with Crippen molar-refractivity contribution in [3.8, 4) is 0 Å². The average Bonchev–Trinajstić information content (AvgIpc) is 2.84. The molecule has 1 N–H and O–H groups in total. The highest BCUT2D eigenvalue weighted by molar-refractivity contribution is 7.88. The molecular weight excluding hydrogens is 326 g/mol. The van der Waals surface area contributed by atoms with Gasteiger partial charge in [0.1, 0.15) is 5.82 Å². The topological polar surface area (TPSA) is 82.2 Å². The van der Waals surface area contributed by atoms with Crippen LogP contribution in [0.25, 0.3) is 0 Å². The second kappa shape index (κ2) is 7.00. The van der Waals surface area contributed by atoms with E-state index in [9.17, 15) is 8.42 Å². The molecule has 0 amide bonds. The third kappa shape index (κ3) is 4.00. The predicted octanol–water partition coefficient (Wildman–Crippen LogP) is 1.32. The molecule has 0 radical (unpaired) electrons. The summed E-state index contributed by atoms with van der Waals surface area (Å²) in [6.07, 6.45) is 2.06. The van der Waals surface area contributed by atoms with Crippen LogP contribution < -0.4 is 0 Å². The molecular formula is C16H23N5O2S. The van der Waals surface area contributed by atoms with Gasteiger partial charge in [0.2, 0.25) is 10.0 Å². The van der Waals surface area contributed by atoms with E-state index in [0.717, 1.165) is 25.3 Å². The molecule has 1 aromatic heterocycles. The Morgan fingerprint density at radius 1 is 1.25 bits per heavy atom. The molecule has 2 heterocycles. The number of hydrogen-bond donors (Lipinski definition) is 1. The van der Waals surface area contributed by atoms with Gasteiger partial charge in [0.25, 0.3) is 0 Å². The summed E-state index contributed by atoms with van der Waals surface area (Å²) in [5.74, 6) is 1.39. The summed E-state index contributed by atoms with van der Waals surface area (Å²) >= 11 is 0. The Hall–Kier alpha value is -1.77. The van der Waals surface area contributed by atoms with Gasteiger partial charge in [-0.3, -0.25) is 10.00 Å². The lowest BCUT2D eigenvalue weighted by Gasteiger charge is -2.29. The van der Waals surface area contributed by atoms with Gasteiger partial charge in [0.05, 0.1) is 12.3 Å². The fourth-order valence-electron chi connectivity index (χ4n) is 3.07. The van der Waals surface area contributed by atoms with Crippen LogP contribution in [0.15, 0.2) is 30.3 Å². The zero-order valence-corrected chi connectivity index (χ0v) is 14.8. The molecule has 0 spiro atoms. The molecule has 3 rings (SSSR count). The van der Waals surface area contributed by atoms with Crippen LogP contribution >= 0.6 is 0 Å². The molecule has 1 aromatic carbocycles. The van der Waals surface area contributed by atoms with Gasteiger partial charge in [0.15, 0.2) is 5.82 Å². The lowest BCUT2D eigenvalue weighted by Crippen LogP contribution is -2.37. The number of nitrogens with zero attached hydrogens (tertiary/aromatic N) is 4. The van der Waals surface area contributed by atoms with E-state index in [4.69, 9.17) is 0 Å². The molecule has 1 atom stereocenters. The van der Waals surface area contributed by atoms with Crippen molar-refractivity contribution in [3.05, 3.63) is 47.5 Å². The molecule has 0 aliphatic carbocycles. The minimum Gasteiger partial charge on any atom is -0.288 e. The van der Waals surface area contributed by atoms with Crippen LogP contribution in [0, 0.1) is 6.92 Å². The van der Waals surface area contributed by atoms with E-state index in [2.05, 4.69) is 32.2 Å². The Morgan fingerprint density at radius 3 is 2.62 bits per heavy atom. The van der Waals surface area contributed by atoms with Crippen LogP contribution in [0.2, 0.25) is 0 Å². The molecule has 0 saturated carbocycles. The molecule has 1 fully saturated rings. The molecule has 2 aromatic rings. The van der Waals surface area contributed by atoms with Crippen molar-refractivity contribution in [2.45, 2.75) is 25.9 Å². The van der Waals surface area contributed by atoms with E-state index in [1.54, 1.807) is 0 Å². The molecule has 7 nitrogen and oxygen atoms in total. The minimum atomic E-state index is -3.24. The van der Waals surface area contributed by atoms with Gasteiger partial charge in [-0.15, -0.1) is 0 Å². The number of aromatic amines is 1. The average molecular weight is 349 g/mol. The number of hydrogen-bond acceptors (Lipinski definition) is 5. The molecule has 24 heavy (non-hydrogen) atoms. The quantitative estimate of drug-likeness (QED) is 0.900. The zero-order chi connectivity index (χ0) is 17.2. The fraction of sp³-hybridized carbons (Fsp3) is 0.500. The molecule has 1 aliphatic heterocycles. The normalized spacial score (nSPS) is 20.8. The first-order valence-electron chi connectivity index (χ1n) is 8.05. The third-order valence-corrected chi connectivity index (χ3v) is 5.55. The van der Waals surface area contributed by atoms with E-state index < -0.39 is 10.0 Å². The summed E-state index contributed by atoms with van der Waals surface area (Å²) in [7, 11) is -3.24. The Balaban J connectivity index is 1.90. The standard InChI is InChI=1S/C16H23N5O2S/c1-13-17-16(19-18-13)15-12-21(24(2,22)23)10-6-9-20(15)11-14-7-4-3-5-8-14/h3-5,7-8,15H,6,9-12H2,1-2H3,(H,17,18,19). The number of sulfonamides is 1. The van der Waals surface area contributed by atoms with E-state index >= 15 is 0 Å². The Labute approximate surface area is 142 Å². The van der Waals surface area contributed by atoms with Crippen LogP contribution in [0.4, 0.5) is 0 Å². The molecule has 130 valence electrons. The van der Waals surface area contributed by atoms with Crippen LogP contribution in [-0.4, -0.2) is 58.7 Å². The van der Waals surface area contributed by atoms with Gasteiger partial charge in [-0.1, -0.05) is 30.3 Å². The van der Waals surface area contributed by atoms with Gasteiger partial charge in [-0.25, -0.2) is 17.7 Å². The number of aromatic nitrogens is 3. The number of nitrogens with one attached hydrogen (secondary N) is 1. The van der Waals surface area contributed by atoms with Crippen LogP contribution in [0.1, 0.15) is 29.7 Å². The van der Waals surface area contributed by atoms with Crippen molar-refractivity contribution in [2.24, 2.45) is 0 Å². The van der Waals surface area contributed by atoms with E-state index in [1.807, 2.05) is 25.1 Å². The van der Waals surface area contributed by atoms with Crippen molar-refractivity contribution in [1.82, 2.24) is 24.4 Å². The van der Waals surface area contributed by atoms with Gasteiger partial charge < -0.3 is 0 Å². The summed E-state index contributed by atoms with van der Waals surface area (Å²) in [6, 6.07) is 10.0. The van der Waals surface area contributed by atoms with E-state index in [1.165, 1.54) is 16.1 Å². The maximum atomic E-state index is 12.0. The smallest absolute Gasteiger partial charge is 0.211 e. The van der Waals surface area contributed by atoms with Crippen molar-refractivity contribution in [1.29, 1.82) is 0 Å². The summed E-state index contributed by atoms with van der Waals surface area (Å²) in [6.45, 7) is 4.31. The Morgan fingerprint density at radius 2 is 2.00 bits per heavy atom. The van der Waals surface area contributed by atoms with Gasteiger partial charge in [-0.05, 0) is 18.9 Å². The summed E-state index contributed by atoms with van der Waals surface area (Å²) in [5.41, 5.74) is 1.20. The fourth-order valence-corrected chi connectivity index (χ4v) is 3.94. The van der Waals surface area contributed by atoms with E-state index in [0.29, 0.717) is 18.9 Å². The summed E-state index contributed by atoms with van der Waals surface area (Å²) < 4.78 is 25.6. The number of benzene rings is 1. The van der Waals surface area contributed by atoms with Crippen molar-refractivity contribution in [2.75, 3.05) is 25.9 Å². The van der Waals surface area contributed by atoms with E-state index in [-0.39, 0.29) is 6.04 Å². The molecule has 1 saturated heterocycles. The van der Waals surface area contributed by atoms with Crippen LogP contribution in [0.3, 0.4) is 0 Å². The lowest BCUT2D eigenvalue weighted by molar-refractivity contribution is 0.185. The predicted molar refractivity (Wildman–Crippen MR) is 91.7 cm³/mol. The first kappa shape index (κ1) is 17.1. The number of aryl methyl sites for hydroxylation is 1. The van der Waals surface area contributed by atoms with Crippen molar-refractivity contribution in [3.63, 3.8) is 0 Å². The Kier molecular flexibility index (Phi) is 4.98. The summed E-state index contributed by atoms with van der Waals surface area (Å²) in [4.78, 5) is 6.72. The number of H-pyrrole nitrogens is 1. The zero-order valence-electron chi connectivity index (χ0n) is 14.0. The summed E-state index contributed by atoms with van der Waals surface area (Å²) in [5, 5.41) is 7.16. The second-order valence-corrected chi connectivity index (χ2v) is 8.21. The maximum absolute atomic E-state index is 12.0. The molecule has 1 aliphatic rings. The molecule has 0 bridgehead atoms. The Bertz CT molecular complexity index is 775. The third-order valence-electron chi connectivity index (χ3n) is 4.28. The van der Waals surface area contributed by atoms with Gasteiger partial charge in [0, 0.05) is 26.2 Å². The van der Waals surface area contributed by atoms with Crippen molar-refractivity contribution < 1.29 is 8.42 Å². The van der Waals surface area contributed by atoms with Crippen LogP contribution in [-0.2, 0) is 16.6 Å².